The second-order valence-electron chi connectivity index (χ2n) is 6.17. The lowest BCUT2D eigenvalue weighted by Crippen LogP contribution is -2.44. The first-order valence-electron chi connectivity index (χ1n) is 8.05. The van der Waals surface area contributed by atoms with Gasteiger partial charge in [0.2, 0.25) is 5.85 Å². The Hall–Kier alpha value is -3.09. The fourth-order valence-corrected chi connectivity index (χ4v) is 2.26. The number of aliphatic carboxylic acids is 1. The van der Waals surface area contributed by atoms with Crippen LogP contribution in [0.3, 0.4) is 0 Å². The van der Waals surface area contributed by atoms with Crippen LogP contribution in [-0.2, 0) is 11.2 Å². The summed E-state index contributed by atoms with van der Waals surface area (Å²) in [5.41, 5.74) is 1.23. The predicted molar refractivity (Wildman–Crippen MR) is 96.0 cm³/mol. The summed E-state index contributed by atoms with van der Waals surface area (Å²) in [6.45, 7) is 2.57. The molecule has 0 radical (unpaired) electrons. The van der Waals surface area contributed by atoms with Crippen molar-refractivity contribution < 1.29 is 23.8 Å². The number of nitrogens with one attached hydrogen (secondary N) is 2. The lowest BCUT2D eigenvalue weighted by atomic mass is 10.1. The minimum absolute atomic E-state index is 0.169. The van der Waals surface area contributed by atoms with E-state index in [4.69, 9.17) is 4.74 Å². The van der Waals surface area contributed by atoms with E-state index in [0.29, 0.717) is 11.4 Å². The Morgan fingerprint density at radius 1 is 1.12 bits per heavy atom. The summed E-state index contributed by atoms with van der Waals surface area (Å²) >= 11 is 0. The molecule has 0 fully saturated rings. The van der Waals surface area contributed by atoms with Crippen LogP contribution in [0.1, 0.15) is 19.4 Å². The standard InChI is InChI=1S/C19H21FN2O4/c1-19(2,20)26-15-10-8-14(9-11-15)21-18(25)22-16(17(23)24)12-13-6-4-3-5-7-13/h3-11,16H,12H2,1-2H3,(H,23,24)(H2,21,22,25). The van der Waals surface area contributed by atoms with Crippen LogP contribution in [0, 0.1) is 0 Å². The third-order valence-corrected chi connectivity index (χ3v) is 3.36. The molecule has 1 atom stereocenters. The van der Waals surface area contributed by atoms with Crippen LogP contribution in [0.5, 0.6) is 5.75 Å². The molecule has 0 aromatic heterocycles. The van der Waals surface area contributed by atoms with E-state index < -0.39 is 23.9 Å². The summed E-state index contributed by atoms with van der Waals surface area (Å²) in [4.78, 5) is 23.4. The highest BCUT2D eigenvalue weighted by atomic mass is 19.2. The van der Waals surface area contributed by atoms with Gasteiger partial charge in [-0.15, -0.1) is 0 Å². The number of hydrogen-bond donors (Lipinski definition) is 3. The quantitative estimate of drug-likeness (QED) is 0.704. The zero-order chi connectivity index (χ0) is 19.2. The van der Waals surface area contributed by atoms with Gasteiger partial charge in [0.1, 0.15) is 11.8 Å². The second kappa shape index (κ2) is 8.33. The number of carbonyl (C=O) groups excluding carboxylic acids is 1. The first kappa shape index (κ1) is 19.2. The van der Waals surface area contributed by atoms with Crippen molar-refractivity contribution in [2.75, 3.05) is 5.32 Å². The summed E-state index contributed by atoms with van der Waals surface area (Å²) in [5.74, 6) is -2.62. The largest absolute Gasteiger partial charge is 0.480 e. The molecule has 0 saturated heterocycles. The Balaban J connectivity index is 1.94. The lowest BCUT2D eigenvalue weighted by Gasteiger charge is -2.18. The van der Waals surface area contributed by atoms with Crippen molar-refractivity contribution in [1.82, 2.24) is 5.32 Å². The number of hydrogen-bond acceptors (Lipinski definition) is 3. The van der Waals surface area contributed by atoms with E-state index in [2.05, 4.69) is 10.6 Å². The van der Waals surface area contributed by atoms with E-state index in [0.717, 1.165) is 5.56 Å². The monoisotopic (exact) mass is 360 g/mol. The molecule has 1 unspecified atom stereocenters. The van der Waals surface area contributed by atoms with Gasteiger partial charge in [-0.2, -0.15) is 4.39 Å². The number of anilines is 1. The molecule has 0 bridgehead atoms. The molecular formula is C19H21FN2O4. The van der Waals surface area contributed by atoms with Gasteiger partial charge in [-0.1, -0.05) is 30.3 Å². The van der Waals surface area contributed by atoms with Crippen LogP contribution in [0.15, 0.2) is 54.6 Å². The highest BCUT2D eigenvalue weighted by Gasteiger charge is 2.20. The summed E-state index contributed by atoms with van der Waals surface area (Å²) in [6.07, 6.45) is 0.169. The number of carboxylic acids is 1. The molecule has 7 heteroatoms. The Morgan fingerprint density at radius 2 is 1.73 bits per heavy atom. The molecule has 2 rings (SSSR count). The van der Waals surface area contributed by atoms with Gasteiger partial charge < -0.3 is 20.5 Å². The number of urea groups is 1. The van der Waals surface area contributed by atoms with Gasteiger partial charge in [-0.25, -0.2) is 9.59 Å². The van der Waals surface area contributed by atoms with Crippen molar-refractivity contribution in [1.29, 1.82) is 0 Å². The normalized spacial score (nSPS) is 12.1. The number of rotatable bonds is 7. The molecule has 2 amide bonds. The second-order valence-corrected chi connectivity index (χ2v) is 6.17. The third-order valence-electron chi connectivity index (χ3n) is 3.36. The summed E-state index contributed by atoms with van der Waals surface area (Å²) in [7, 11) is 0. The smallest absolute Gasteiger partial charge is 0.326 e. The van der Waals surface area contributed by atoms with Gasteiger partial charge in [0.15, 0.2) is 0 Å². The van der Waals surface area contributed by atoms with Gasteiger partial charge in [0.05, 0.1) is 0 Å². The zero-order valence-corrected chi connectivity index (χ0v) is 14.5. The Bertz CT molecular complexity index is 742. The Kier molecular flexibility index (Phi) is 6.16. The predicted octanol–water partition coefficient (Wildman–Crippen LogP) is 3.59. The number of halogens is 1. The molecule has 26 heavy (non-hydrogen) atoms. The maximum atomic E-state index is 13.4. The maximum Gasteiger partial charge on any atom is 0.326 e. The van der Waals surface area contributed by atoms with Crippen LogP contribution >= 0.6 is 0 Å². The van der Waals surface area contributed by atoms with Gasteiger partial charge in [-0.3, -0.25) is 0 Å². The minimum atomic E-state index is -1.81. The van der Waals surface area contributed by atoms with E-state index in [1.54, 1.807) is 24.3 Å². The Labute approximate surface area is 151 Å². The molecule has 0 aliphatic carbocycles. The van der Waals surface area contributed by atoms with Gasteiger partial charge >= 0.3 is 12.0 Å². The van der Waals surface area contributed by atoms with Gasteiger partial charge in [0.25, 0.3) is 0 Å². The van der Waals surface area contributed by atoms with Crippen molar-refractivity contribution in [3.8, 4) is 5.75 Å². The molecule has 138 valence electrons. The minimum Gasteiger partial charge on any atom is -0.480 e. The fourth-order valence-electron chi connectivity index (χ4n) is 2.26. The summed E-state index contributed by atoms with van der Waals surface area (Å²) < 4.78 is 18.5. The zero-order valence-electron chi connectivity index (χ0n) is 14.5. The van der Waals surface area contributed by atoms with Crippen LogP contribution in [0.4, 0.5) is 14.9 Å². The molecule has 0 spiro atoms. The number of ether oxygens (including phenoxy) is 1. The number of carbonyl (C=O) groups is 2. The van der Waals surface area contributed by atoms with Crippen LogP contribution in [-0.4, -0.2) is 29.0 Å². The number of amides is 2. The highest BCUT2D eigenvalue weighted by Crippen LogP contribution is 2.21. The Morgan fingerprint density at radius 3 is 2.27 bits per heavy atom. The van der Waals surface area contributed by atoms with Crippen molar-refractivity contribution in [2.45, 2.75) is 32.2 Å². The fraction of sp³-hybridized carbons (Fsp3) is 0.263. The molecule has 0 aliphatic heterocycles. The summed E-state index contributed by atoms with van der Waals surface area (Å²) in [5, 5.41) is 14.3. The molecule has 6 nitrogen and oxygen atoms in total. The molecule has 0 heterocycles. The van der Waals surface area contributed by atoms with E-state index >= 15 is 0 Å². The van der Waals surface area contributed by atoms with Crippen molar-refractivity contribution in [2.24, 2.45) is 0 Å². The highest BCUT2D eigenvalue weighted by molar-refractivity contribution is 5.92. The first-order valence-corrected chi connectivity index (χ1v) is 8.05. The third kappa shape index (κ3) is 6.43. The number of carboxylic acid groups (broad SMARTS) is 1. The van der Waals surface area contributed by atoms with Gasteiger partial charge in [0, 0.05) is 26.0 Å². The van der Waals surface area contributed by atoms with Crippen molar-refractivity contribution in [3.05, 3.63) is 60.2 Å². The molecule has 0 saturated carbocycles. The average Bonchev–Trinajstić information content (AvgIpc) is 2.55. The lowest BCUT2D eigenvalue weighted by molar-refractivity contribution is -0.139. The van der Waals surface area contributed by atoms with E-state index in [1.807, 2.05) is 6.07 Å². The number of benzene rings is 2. The van der Waals surface area contributed by atoms with E-state index in [-0.39, 0.29) is 6.42 Å². The van der Waals surface area contributed by atoms with Gasteiger partial charge in [-0.05, 0) is 29.8 Å². The van der Waals surface area contributed by atoms with Crippen LogP contribution in [0.2, 0.25) is 0 Å². The first-order chi connectivity index (χ1) is 12.2. The van der Waals surface area contributed by atoms with E-state index in [9.17, 15) is 19.1 Å². The average molecular weight is 360 g/mol. The maximum absolute atomic E-state index is 13.4. The van der Waals surface area contributed by atoms with E-state index in [1.165, 1.54) is 38.1 Å². The van der Waals surface area contributed by atoms with Crippen LogP contribution < -0.4 is 15.4 Å². The summed E-state index contributed by atoms with van der Waals surface area (Å²) in [6, 6.07) is 13.4. The SMILES string of the molecule is CC(C)(F)Oc1ccc(NC(=O)NC(Cc2ccccc2)C(=O)O)cc1. The molecule has 0 aliphatic rings. The van der Waals surface area contributed by atoms with Crippen molar-refractivity contribution in [3.63, 3.8) is 0 Å². The number of alkyl halides is 1. The molecule has 3 N–H and O–H groups in total. The van der Waals surface area contributed by atoms with Crippen molar-refractivity contribution >= 4 is 17.7 Å². The molecule has 2 aromatic rings. The topological polar surface area (TPSA) is 87.7 Å². The molecule has 2 aromatic carbocycles. The molecular weight excluding hydrogens is 339 g/mol. The van der Waals surface area contributed by atoms with Crippen LogP contribution in [0.25, 0.3) is 0 Å².